The van der Waals surface area contributed by atoms with Gasteiger partial charge in [0.2, 0.25) is 0 Å². The number of carbonyl (C=O) groups is 1. The van der Waals surface area contributed by atoms with Crippen LogP contribution in [0.5, 0.6) is 0 Å². The molecular weight excluding hydrogens is 340 g/mol. The van der Waals surface area contributed by atoms with Gasteiger partial charge in [-0.05, 0) is 31.1 Å². The minimum atomic E-state index is -0.00943. The van der Waals surface area contributed by atoms with Crippen molar-refractivity contribution in [3.8, 4) is 0 Å². The molecule has 0 radical (unpaired) electrons. The van der Waals surface area contributed by atoms with Gasteiger partial charge in [-0.25, -0.2) is 0 Å². The predicted octanol–water partition coefficient (Wildman–Crippen LogP) is 6.65. The third kappa shape index (κ3) is 14.9. The highest BCUT2D eigenvalue weighted by atomic mass is 79.9. The third-order valence-electron chi connectivity index (χ3n) is 4.26. The summed E-state index contributed by atoms with van der Waals surface area (Å²) in [5, 5.41) is 1.08. The molecule has 0 aromatic heterocycles. The van der Waals surface area contributed by atoms with Gasteiger partial charge in [0.15, 0.2) is 0 Å². The molecule has 132 valence electrons. The van der Waals surface area contributed by atoms with Gasteiger partial charge in [-0.1, -0.05) is 81.6 Å². The van der Waals surface area contributed by atoms with Gasteiger partial charge in [-0.2, -0.15) is 0 Å². The van der Waals surface area contributed by atoms with Crippen LogP contribution in [-0.4, -0.2) is 17.9 Å². The summed E-state index contributed by atoms with van der Waals surface area (Å²) < 4.78 is 5.38. The molecule has 0 amide bonds. The minimum Gasteiger partial charge on any atom is -0.466 e. The molecule has 0 aliphatic carbocycles. The van der Waals surface area contributed by atoms with Gasteiger partial charge in [0.25, 0.3) is 0 Å². The Morgan fingerprint density at radius 1 is 0.909 bits per heavy atom. The SMILES string of the molecule is CCCCCCCCCC(=O)OCCC(C)(C)CCCCBr. The monoisotopic (exact) mass is 376 g/mol. The highest BCUT2D eigenvalue weighted by Crippen LogP contribution is 2.27. The van der Waals surface area contributed by atoms with E-state index in [-0.39, 0.29) is 11.4 Å². The molecule has 0 rings (SSSR count). The van der Waals surface area contributed by atoms with Gasteiger partial charge in [0.05, 0.1) is 6.61 Å². The Kier molecular flexibility index (Phi) is 14.5. The fourth-order valence-corrected chi connectivity index (χ4v) is 2.96. The molecule has 0 aliphatic heterocycles. The van der Waals surface area contributed by atoms with Crippen LogP contribution in [0.3, 0.4) is 0 Å². The van der Waals surface area contributed by atoms with E-state index < -0.39 is 0 Å². The maximum Gasteiger partial charge on any atom is 0.305 e. The maximum absolute atomic E-state index is 11.7. The van der Waals surface area contributed by atoms with Crippen LogP contribution in [0.4, 0.5) is 0 Å². The van der Waals surface area contributed by atoms with Crippen LogP contribution in [-0.2, 0) is 9.53 Å². The number of halogens is 1. The van der Waals surface area contributed by atoms with Gasteiger partial charge >= 0.3 is 5.97 Å². The normalized spacial score (nSPS) is 11.6. The summed E-state index contributed by atoms with van der Waals surface area (Å²) in [6, 6.07) is 0. The predicted molar refractivity (Wildman–Crippen MR) is 99.6 cm³/mol. The molecule has 3 heteroatoms. The Morgan fingerprint density at radius 2 is 1.55 bits per heavy atom. The van der Waals surface area contributed by atoms with Crippen molar-refractivity contribution in [3.63, 3.8) is 0 Å². The fraction of sp³-hybridized carbons (Fsp3) is 0.947. The zero-order valence-electron chi connectivity index (χ0n) is 15.1. The van der Waals surface area contributed by atoms with Gasteiger partial charge in [-0.3, -0.25) is 4.79 Å². The Morgan fingerprint density at radius 3 is 2.18 bits per heavy atom. The molecule has 0 bridgehead atoms. The van der Waals surface area contributed by atoms with E-state index >= 15 is 0 Å². The van der Waals surface area contributed by atoms with Crippen molar-refractivity contribution in [2.75, 3.05) is 11.9 Å². The Labute approximate surface area is 146 Å². The summed E-state index contributed by atoms with van der Waals surface area (Å²) in [5.41, 5.74) is 0.279. The van der Waals surface area contributed by atoms with Gasteiger partial charge in [0.1, 0.15) is 0 Å². The molecule has 2 nitrogen and oxygen atoms in total. The summed E-state index contributed by atoms with van der Waals surface area (Å²) in [7, 11) is 0. The second kappa shape index (κ2) is 14.5. The number of unbranched alkanes of at least 4 members (excludes halogenated alkanes) is 7. The average molecular weight is 377 g/mol. The first-order chi connectivity index (χ1) is 10.5. The molecule has 0 heterocycles. The molecule has 0 saturated heterocycles. The lowest BCUT2D eigenvalue weighted by molar-refractivity contribution is -0.144. The van der Waals surface area contributed by atoms with E-state index in [1.165, 1.54) is 51.4 Å². The fourth-order valence-electron chi connectivity index (χ4n) is 2.56. The second-order valence-electron chi connectivity index (χ2n) is 7.15. The molecule has 0 saturated carbocycles. The van der Waals surface area contributed by atoms with E-state index in [0.717, 1.165) is 24.6 Å². The van der Waals surface area contributed by atoms with Crippen LogP contribution in [0.1, 0.15) is 97.8 Å². The zero-order valence-corrected chi connectivity index (χ0v) is 16.7. The first-order valence-corrected chi connectivity index (χ1v) is 10.4. The van der Waals surface area contributed by atoms with Crippen LogP contribution >= 0.6 is 15.9 Å². The molecule has 22 heavy (non-hydrogen) atoms. The van der Waals surface area contributed by atoms with E-state index in [0.29, 0.717) is 13.0 Å². The molecule has 0 fully saturated rings. The molecule has 0 N–H and O–H groups in total. The van der Waals surface area contributed by atoms with Crippen LogP contribution in [0, 0.1) is 5.41 Å². The molecule has 0 spiro atoms. The van der Waals surface area contributed by atoms with Crippen molar-refractivity contribution in [1.29, 1.82) is 0 Å². The van der Waals surface area contributed by atoms with Gasteiger partial charge < -0.3 is 4.74 Å². The summed E-state index contributed by atoms with van der Waals surface area (Å²) in [6.07, 6.45) is 13.9. The maximum atomic E-state index is 11.7. The quantitative estimate of drug-likeness (QED) is 0.181. The largest absolute Gasteiger partial charge is 0.466 e. The number of rotatable bonds is 15. The summed E-state index contributed by atoms with van der Waals surface area (Å²) in [6.45, 7) is 7.35. The highest BCUT2D eigenvalue weighted by Gasteiger charge is 2.17. The Hall–Kier alpha value is -0.0500. The van der Waals surface area contributed by atoms with E-state index in [1.807, 2.05) is 0 Å². The van der Waals surface area contributed by atoms with Crippen molar-refractivity contribution in [3.05, 3.63) is 0 Å². The molecule has 0 atom stereocenters. The average Bonchev–Trinajstić information content (AvgIpc) is 2.46. The van der Waals surface area contributed by atoms with Crippen LogP contribution < -0.4 is 0 Å². The first kappa shape index (κ1) is 21.9. The lowest BCUT2D eigenvalue weighted by atomic mass is 9.84. The van der Waals surface area contributed by atoms with Crippen molar-refractivity contribution < 1.29 is 9.53 Å². The lowest BCUT2D eigenvalue weighted by Gasteiger charge is -2.24. The zero-order chi connectivity index (χ0) is 16.7. The smallest absolute Gasteiger partial charge is 0.305 e. The standard InChI is InChI=1S/C19H37BrO2/c1-4-5-6-7-8-9-10-13-18(21)22-17-15-19(2,3)14-11-12-16-20/h4-17H2,1-3H3. The minimum absolute atomic E-state index is 0.00943. The number of alkyl halides is 1. The first-order valence-electron chi connectivity index (χ1n) is 9.23. The number of carbonyl (C=O) groups excluding carboxylic acids is 1. The van der Waals surface area contributed by atoms with Gasteiger partial charge in [0, 0.05) is 11.8 Å². The summed E-state index contributed by atoms with van der Waals surface area (Å²) in [5.74, 6) is -0.00943. The molecule has 0 aromatic carbocycles. The van der Waals surface area contributed by atoms with E-state index in [1.54, 1.807) is 0 Å². The second-order valence-corrected chi connectivity index (χ2v) is 7.95. The third-order valence-corrected chi connectivity index (χ3v) is 4.82. The summed E-state index contributed by atoms with van der Waals surface area (Å²) >= 11 is 3.47. The molecule has 0 unspecified atom stereocenters. The van der Waals surface area contributed by atoms with Gasteiger partial charge in [-0.15, -0.1) is 0 Å². The Balaban J connectivity index is 3.48. The van der Waals surface area contributed by atoms with Crippen LogP contribution in [0.25, 0.3) is 0 Å². The number of hydrogen-bond acceptors (Lipinski definition) is 2. The van der Waals surface area contributed by atoms with E-state index in [2.05, 4.69) is 36.7 Å². The van der Waals surface area contributed by atoms with E-state index in [4.69, 9.17) is 4.74 Å². The molecular formula is C19H37BrO2. The van der Waals surface area contributed by atoms with Crippen molar-refractivity contribution in [1.82, 2.24) is 0 Å². The van der Waals surface area contributed by atoms with E-state index in [9.17, 15) is 4.79 Å². The van der Waals surface area contributed by atoms with Crippen molar-refractivity contribution >= 4 is 21.9 Å². The van der Waals surface area contributed by atoms with Crippen molar-refractivity contribution in [2.24, 2.45) is 5.41 Å². The number of ether oxygens (including phenoxy) is 1. The topological polar surface area (TPSA) is 26.3 Å². The van der Waals surface area contributed by atoms with Crippen LogP contribution in [0.15, 0.2) is 0 Å². The van der Waals surface area contributed by atoms with Crippen molar-refractivity contribution in [2.45, 2.75) is 97.8 Å². The Bertz CT molecular complexity index is 264. The number of hydrogen-bond donors (Lipinski definition) is 0. The van der Waals surface area contributed by atoms with Crippen LogP contribution in [0.2, 0.25) is 0 Å². The molecule has 0 aliphatic rings. The molecule has 0 aromatic rings. The summed E-state index contributed by atoms with van der Waals surface area (Å²) in [4.78, 5) is 11.7. The number of esters is 1. The lowest BCUT2D eigenvalue weighted by Crippen LogP contribution is -2.16. The highest BCUT2D eigenvalue weighted by molar-refractivity contribution is 9.09.